The van der Waals surface area contributed by atoms with Gasteiger partial charge in [0.05, 0.1) is 40.7 Å². The zero-order valence-electron chi connectivity index (χ0n) is 23.1. The van der Waals surface area contributed by atoms with Gasteiger partial charge in [0.2, 0.25) is 0 Å². The minimum Gasteiger partial charge on any atom is -0.383 e. The molecule has 1 amide bonds. The molecule has 2 atom stereocenters. The van der Waals surface area contributed by atoms with Gasteiger partial charge < -0.3 is 15.0 Å². The normalized spacial score (nSPS) is 16.3. The number of hydrogen-bond donors (Lipinski definition) is 1. The Morgan fingerprint density at radius 3 is 2.82 bits per heavy atom. The molecule has 10 heteroatoms. The van der Waals surface area contributed by atoms with Gasteiger partial charge in [-0.05, 0) is 62.5 Å². The van der Waals surface area contributed by atoms with E-state index in [1.54, 1.807) is 29.2 Å². The van der Waals surface area contributed by atoms with E-state index >= 15 is 0 Å². The molecule has 5 heterocycles. The lowest BCUT2D eigenvalue weighted by Gasteiger charge is -2.27. The summed E-state index contributed by atoms with van der Waals surface area (Å²) in [6, 6.07) is 10.3. The number of amides is 1. The number of likely N-dealkylation sites (N-methyl/N-ethyl adjacent to an activating group) is 1. The first kappa shape index (κ1) is 27.2. The number of carbonyl (C=O) groups excluding carboxylic acids is 1. The van der Waals surface area contributed by atoms with Gasteiger partial charge in [-0.1, -0.05) is 19.9 Å². The Morgan fingerprint density at radius 1 is 1.23 bits per heavy atom. The number of methoxy groups -OCH3 is 1. The fourth-order valence-corrected chi connectivity index (χ4v) is 6.06. The van der Waals surface area contributed by atoms with E-state index in [-0.39, 0.29) is 18.0 Å². The number of fused-ring (bicyclic) bond motifs is 1. The molecule has 4 aromatic heterocycles. The number of nitrogens with one attached hydrogen (secondary N) is 1. The average Bonchev–Trinajstić information content (AvgIpc) is 3.73. The fraction of sp³-hybridized carbons (Fsp3) is 0.448. The van der Waals surface area contributed by atoms with Crippen molar-refractivity contribution in [3.05, 3.63) is 53.7 Å². The van der Waals surface area contributed by atoms with Crippen molar-refractivity contribution in [3.8, 4) is 21.8 Å². The first-order valence-corrected chi connectivity index (χ1v) is 14.6. The highest BCUT2D eigenvalue weighted by Gasteiger charge is 2.27. The van der Waals surface area contributed by atoms with Gasteiger partial charge in [0.15, 0.2) is 5.65 Å². The molecule has 1 fully saturated rings. The van der Waals surface area contributed by atoms with Gasteiger partial charge in [-0.25, -0.2) is 14.5 Å². The summed E-state index contributed by atoms with van der Waals surface area (Å²) >= 11 is 1.65. The zero-order chi connectivity index (χ0) is 27.4. The summed E-state index contributed by atoms with van der Waals surface area (Å²) in [5, 5.41) is 9.74. The summed E-state index contributed by atoms with van der Waals surface area (Å²) in [5.41, 5.74) is 3.66. The molecule has 0 aliphatic carbocycles. The number of ether oxygens (including phenoxy) is 1. The van der Waals surface area contributed by atoms with Crippen LogP contribution in [0.5, 0.6) is 0 Å². The second-order valence-corrected chi connectivity index (χ2v) is 10.9. The highest BCUT2D eigenvalue weighted by Crippen LogP contribution is 2.31. The van der Waals surface area contributed by atoms with Crippen LogP contribution >= 0.6 is 11.3 Å². The molecular formula is C29H37N7O2S. The lowest BCUT2D eigenvalue weighted by Crippen LogP contribution is -2.42. The molecule has 1 aliphatic rings. The summed E-state index contributed by atoms with van der Waals surface area (Å²) < 4.78 is 7.26. The third-order valence-electron chi connectivity index (χ3n) is 7.52. The van der Waals surface area contributed by atoms with E-state index in [2.05, 4.69) is 47.1 Å². The molecule has 1 N–H and O–H groups in total. The zero-order valence-corrected chi connectivity index (χ0v) is 23.9. The maximum absolute atomic E-state index is 13.5. The lowest BCUT2D eigenvalue weighted by molar-refractivity contribution is 0.0938. The number of anilines is 1. The van der Waals surface area contributed by atoms with Crippen LogP contribution in [-0.2, 0) is 4.74 Å². The van der Waals surface area contributed by atoms with E-state index in [4.69, 9.17) is 14.7 Å². The van der Waals surface area contributed by atoms with Crippen molar-refractivity contribution in [2.45, 2.75) is 45.7 Å². The number of thiophene rings is 1. The van der Waals surface area contributed by atoms with Gasteiger partial charge in [-0.2, -0.15) is 5.10 Å². The minimum atomic E-state index is -0.106. The third-order valence-corrected chi connectivity index (χ3v) is 8.41. The van der Waals surface area contributed by atoms with Crippen LogP contribution in [0.15, 0.2) is 48.1 Å². The third kappa shape index (κ3) is 5.83. The number of nitrogens with zero attached hydrogens (tertiary/aromatic N) is 6. The van der Waals surface area contributed by atoms with Crippen molar-refractivity contribution in [2.75, 3.05) is 44.8 Å². The maximum Gasteiger partial charge on any atom is 0.251 e. The molecule has 0 aromatic carbocycles. The SMILES string of the molecule is CCN(CC)C(C)CNC(=O)c1cc(-c2cnn3ccc(-c4cccs4)nc23)nc(N2CCC[C@H]2COC)c1. The number of aromatic nitrogens is 4. The van der Waals surface area contributed by atoms with Crippen LogP contribution in [-0.4, -0.2) is 82.4 Å². The molecular weight excluding hydrogens is 510 g/mol. The van der Waals surface area contributed by atoms with Gasteiger partial charge in [0.1, 0.15) is 5.82 Å². The largest absolute Gasteiger partial charge is 0.383 e. The molecule has 0 spiro atoms. The molecule has 39 heavy (non-hydrogen) atoms. The number of pyridine rings is 1. The van der Waals surface area contributed by atoms with Crippen LogP contribution in [0.2, 0.25) is 0 Å². The Kier molecular flexibility index (Phi) is 8.54. The summed E-state index contributed by atoms with van der Waals surface area (Å²) in [7, 11) is 1.73. The monoisotopic (exact) mass is 547 g/mol. The second kappa shape index (κ2) is 12.2. The van der Waals surface area contributed by atoms with Crippen LogP contribution < -0.4 is 10.2 Å². The minimum absolute atomic E-state index is 0.106. The highest BCUT2D eigenvalue weighted by molar-refractivity contribution is 7.13. The van der Waals surface area contributed by atoms with Crippen molar-refractivity contribution < 1.29 is 9.53 Å². The van der Waals surface area contributed by atoms with E-state index in [0.717, 1.165) is 54.4 Å². The van der Waals surface area contributed by atoms with Crippen molar-refractivity contribution in [2.24, 2.45) is 0 Å². The van der Waals surface area contributed by atoms with Gasteiger partial charge in [0.25, 0.3) is 5.91 Å². The van der Waals surface area contributed by atoms with Crippen molar-refractivity contribution in [1.29, 1.82) is 0 Å². The molecule has 0 radical (unpaired) electrons. The molecule has 4 aromatic rings. The molecule has 0 saturated carbocycles. The van der Waals surface area contributed by atoms with E-state index < -0.39 is 0 Å². The summed E-state index contributed by atoms with van der Waals surface area (Å²) in [4.78, 5) is 29.2. The summed E-state index contributed by atoms with van der Waals surface area (Å²) in [5.74, 6) is 0.674. The van der Waals surface area contributed by atoms with E-state index in [1.807, 2.05) is 35.8 Å². The molecule has 0 bridgehead atoms. The Labute approximate surface area is 233 Å². The first-order valence-electron chi connectivity index (χ1n) is 13.7. The van der Waals surface area contributed by atoms with E-state index in [9.17, 15) is 4.79 Å². The average molecular weight is 548 g/mol. The molecule has 206 valence electrons. The van der Waals surface area contributed by atoms with Gasteiger partial charge in [-0.15, -0.1) is 11.3 Å². The van der Waals surface area contributed by atoms with E-state index in [0.29, 0.717) is 30.1 Å². The van der Waals surface area contributed by atoms with Crippen molar-refractivity contribution in [3.63, 3.8) is 0 Å². The quantitative estimate of drug-likeness (QED) is 0.294. The molecule has 1 aliphatic heterocycles. The van der Waals surface area contributed by atoms with Gasteiger partial charge in [0, 0.05) is 38.0 Å². The van der Waals surface area contributed by atoms with Crippen LogP contribution in [0, 0.1) is 0 Å². The molecule has 1 saturated heterocycles. The summed E-state index contributed by atoms with van der Waals surface area (Å²) in [6.45, 7) is 10.4. The number of rotatable bonds is 11. The van der Waals surface area contributed by atoms with Crippen LogP contribution in [0.4, 0.5) is 5.82 Å². The smallest absolute Gasteiger partial charge is 0.251 e. The number of hydrogen-bond acceptors (Lipinski definition) is 8. The molecule has 1 unspecified atom stereocenters. The first-order chi connectivity index (χ1) is 19.0. The lowest BCUT2D eigenvalue weighted by atomic mass is 10.1. The summed E-state index contributed by atoms with van der Waals surface area (Å²) in [6.07, 6.45) is 5.80. The topological polar surface area (TPSA) is 87.9 Å². The van der Waals surface area contributed by atoms with E-state index in [1.165, 1.54) is 0 Å². The Morgan fingerprint density at radius 2 is 2.08 bits per heavy atom. The van der Waals surface area contributed by atoms with Crippen molar-refractivity contribution in [1.82, 2.24) is 29.8 Å². The van der Waals surface area contributed by atoms with Crippen LogP contribution in [0.3, 0.4) is 0 Å². The predicted octanol–water partition coefficient (Wildman–Crippen LogP) is 4.60. The highest BCUT2D eigenvalue weighted by atomic mass is 32.1. The van der Waals surface area contributed by atoms with Crippen LogP contribution in [0.1, 0.15) is 44.0 Å². The van der Waals surface area contributed by atoms with Gasteiger partial charge >= 0.3 is 0 Å². The van der Waals surface area contributed by atoms with Crippen molar-refractivity contribution >= 4 is 28.7 Å². The maximum atomic E-state index is 13.5. The molecule has 5 rings (SSSR count). The predicted molar refractivity (Wildman–Crippen MR) is 156 cm³/mol. The number of carbonyl (C=O) groups is 1. The molecule has 9 nitrogen and oxygen atoms in total. The Balaban J connectivity index is 1.53. The van der Waals surface area contributed by atoms with Crippen LogP contribution in [0.25, 0.3) is 27.5 Å². The standard InChI is InChI=1S/C29H37N7O2S/c1-5-34(6-2)20(3)17-30-29(37)21-15-25(32-27(16-21)35-12-7-9-22(35)19-38-4)23-18-31-36-13-11-24(33-28(23)36)26-10-8-14-39-26/h8,10-11,13-16,18,20,22H,5-7,9,12,17,19H2,1-4H3,(H,30,37)/t20?,22-/m0/s1. The Hall–Kier alpha value is -3.34. The second-order valence-electron chi connectivity index (χ2n) is 9.94. The fourth-order valence-electron chi connectivity index (χ4n) is 5.36. The Bertz CT molecular complexity index is 1400. The van der Waals surface area contributed by atoms with Gasteiger partial charge in [-0.3, -0.25) is 9.69 Å².